The van der Waals surface area contributed by atoms with E-state index in [1.165, 1.54) is 18.7 Å². The highest BCUT2D eigenvalue weighted by atomic mass is 19.4. The van der Waals surface area contributed by atoms with Crippen LogP contribution >= 0.6 is 0 Å². The summed E-state index contributed by atoms with van der Waals surface area (Å²) in [6.45, 7) is 5.21. The molecule has 0 spiro atoms. The maximum atomic E-state index is 12.7. The van der Waals surface area contributed by atoms with Gasteiger partial charge in [-0.25, -0.2) is 0 Å². The van der Waals surface area contributed by atoms with Crippen molar-refractivity contribution < 1.29 is 27.4 Å². The van der Waals surface area contributed by atoms with Crippen LogP contribution in [0, 0.1) is 11.8 Å². The number of benzene rings is 2. The van der Waals surface area contributed by atoms with Gasteiger partial charge in [0.25, 0.3) is 0 Å². The fourth-order valence-corrected chi connectivity index (χ4v) is 5.28. The van der Waals surface area contributed by atoms with Crippen LogP contribution in [0.15, 0.2) is 48.5 Å². The number of nitrogens with one attached hydrogen (secondary N) is 1. The summed E-state index contributed by atoms with van der Waals surface area (Å²) in [5.74, 6) is 0.371. The average Bonchev–Trinajstić information content (AvgIpc) is 2.90. The molecule has 0 aromatic heterocycles. The zero-order chi connectivity index (χ0) is 26.3. The van der Waals surface area contributed by atoms with Crippen LogP contribution < -0.4 is 19.7 Å². The van der Waals surface area contributed by atoms with Crippen molar-refractivity contribution in [3.8, 4) is 11.5 Å². The van der Waals surface area contributed by atoms with Crippen LogP contribution in [0.3, 0.4) is 0 Å². The molecule has 0 aliphatic carbocycles. The van der Waals surface area contributed by atoms with Crippen LogP contribution in [-0.4, -0.2) is 57.0 Å². The van der Waals surface area contributed by atoms with Crippen LogP contribution in [-0.2, 0) is 11.3 Å². The first-order valence-corrected chi connectivity index (χ1v) is 13.0. The fourth-order valence-electron chi connectivity index (χ4n) is 5.28. The first kappa shape index (κ1) is 27.1. The Kier molecular flexibility index (Phi) is 9.18. The van der Waals surface area contributed by atoms with Crippen molar-refractivity contribution in [3.63, 3.8) is 0 Å². The fraction of sp³-hybridized carbons (Fsp3) is 0.536. The van der Waals surface area contributed by atoms with Gasteiger partial charge < -0.3 is 19.7 Å². The summed E-state index contributed by atoms with van der Waals surface area (Å²) in [7, 11) is 1.31. The molecule has 6 nitrogen and oxygen atoms in total. The minimum absolute atomic E-state index is 0.0283. The topological polar surface area (TPSA) is 54.0 Å². The van der Waals surface area contributed by atoms with Gasteiger partial charge >= 0.3 is 6.36 Å². The number of amides is 1. The van der Waals surface area contributed by atoms with Crippen LogP contribution in [0.2, 0.25) is 0 Å². The molecule has 1 N–H and O–H groups in total. The maximum Gasteiger partial charge on any atom is 0.573 e. The Morgan fingerprint density at radius 1 is 0.973 bits per heavy atom. The lowest BCUT2D eigenvalue weighted by atomic mass is 9.92. The number of alkyl halides is 3. The summed E-state index contributed by atoms with van der Waals surface area (Å²) in [5, 5.41) is 3.14. The molecular weight excluding hydrogens is 483 g/mol. The number of hydrogen-bond donors (Lipinski definition) is 1. The molecule has 0 unspecified atom stereocenters. The lowest BCUT2D eigenvalue weighted by Gasteiger charge is -2.34. The van der Waals surface area contributed by atoms with E-state index in [1.807, 2.05) is 6.07 Å². The highest BCUT2D eigenvalue weighted by Gasteiger charge is 2.33. The van der Waals surface area contributed by atoms with E-state index in [2.05, 4.69) is 44.1 Å². The van der Waals surface area contributed by atoms with E-state index in [4.69, 9.17) is 4.74 Å². The number of halogens is 3. The minimum Gasteiger partial charge on any atom is -0.493 e. The van der Waals surface area contributed by atoms with Gasteiger partial charge in [-0.2, -0.15) is 0 Å². The number of rotatable bonds is 9. The van der Waals surface area contributed by atoms with Crippen molar-refractivity contribution in [2.75, 3.05) is 44.7 Å². The Balaban J connectivity index is 1.15. The molecule has 0 atom stereocenters. The average molecular weight is 520 g/mol. The molecule has 2 heterocycles. The number of carbonyl (C=O) groups is 1. The monoisotopic (exact) mass is 519 g/mol. The number of carbonyl (C=O) groups excluding carboxylic acids is 1. The highest BCUT2D eigenvalue weighted by Crippen LogP contribution is 2.36. The van der Waals surface area contributed by atoms with Crippen molar-refractivity contribution in [1.29, 1.82) is 0 Å². The summed E-state index contributed by atoms with van der Waals surface area (Å²) in [5.41, 5.74) is 2.11. The third-order valence-corrected chi connectivity index (χ3v) is 7.41. The summed E-state index contributed by atoms with van der Waals surface area (Å²) < 4.78 is 46.9. The van der Waals surface area contributed by atoms with Gasteiger partial charge in [0.2, 0.25) is 5.91 Å². The van der Waals surface area contributed by atoms with E-state index in [-0.39, 0.29) is 23.3 Å². The summed E-state index contributed by atoms with van der Waals surface area (Å²) in [6.07, 6.45) is -0.0372. The Bertz CT molecular complexity index is 1000. The van der Waals surface area contributed by atoms with Gasteiger partial charge in [-0.1, -0.05) is 30.3 Å². The highest BCUT2D eigenvalue weighted by molar-refractivity contribution is 5.79. The third kappa shape index (κ3) is 8.02. The summed E-state index contributed by atoms with van der Waals surface area (Å²) in [6, 6.07) is 15.0. The molecule has 0 bridgehead atoms. The normalized spacial score (nSPS) is 18.0. The number of ether oxygens (including phenoxy) is 2. The van der Waals surface area contributed by atoms with Crippen LogP contribution in [0.4, 0.5) is 18.9 Å². The second-order valence-electron chi connectivity index (χ2n) is 9.93. The molecule has 2 aliphatic heterocycles. The zero-order valence-electron chi connectivity index (χ0n) is 21.3. The zero-order valence-corrected chi connectivity index (χ0v) is 21.3. The predicted molar refractivity (Wildman–Crippen MR) is 137 cm³/mol. The lowest BCUT2D eigenvalue weighted by molar-refractivity contribution is -0.275. The molecule has 4 rings (SSSR count). The largest absolute Gasteiger partial charge is 0.573 e. The van der Waals surface area contributed by atoms with Crippen LogP contribution in [0.1, 0.15) is 37.7 Å². The Labute approximate surface area is 216 Å². The molecule has 2 aromatic rings. The van der Waals surface area contributed by atoms with Crippen molar-refractivity contribution in [1.82, 2.24) is 10.2 Å². The molecule has 9 heteroatoms. The van der Waals surface area contributed by atoms with E-state index in [9.17, 15) is 18.0 Å². The van der Waals surface area contributed by atoms with Crippen LogP contribution in [0.25, 0.3) is 0 Å². The van der Waals surface area contributed by atoms with Crippen molar-refractivity contribution in [2.24, 2.45) is 11.8 Å². The van der Waals surface area contributed by atoms with Crippen molar-refractivity contribution in [3.05, 3.63) is 54.1 Å². The third-order valence-electron chi connectivity index (χ3n) is 7.41. The van der Waals surface area contributed by atoms with Gasteiger partial charge in [-0.15, -0.1) is 13.2 Å². The molecule has 0 saturated carbocycles. The predicted octanol–water partition coefficient (Wildman–Crippen LogP) is 5.23. The van der Waals surface area contributed by atoms with E-state index in [1.54, 1.807) is 12.1 Å². The minimum atomic E-state index is -4.78. The molecule has 1 amide bonds. The van der Waals surface area contributed by atoms with E-state index < -0.39 is 6.36 Å². The van der Waals surface area contributed by atoms with Gasteiger partial charge in [0.15, 0.2) is 11.5 Å². The molecule has 2 aromatic carbocycles. The van der Waals surface area contributed by atoms with Crippen LogP contribution in [0.5, 0.6) is 11.5 Å². The standard InChI is InChI=1S/C28H36F3N3O3/c1-36-26-19-24(7-8-25(26)37-28(29,30)31)34-17-12-23(13-18-34)27(35)32-14-9-21-10-15-33(16-11-21)20-22-5-3-2-4-6-22/h2-8,19,21,23H,9-18,20H2,1H3,(H,32,35). The first-order chi connectivity index (χ1) is 17.8. The Morgan fingerprint density at radius 2 is 1.68 bits per heavy atom. The molecule has 37 heavy (non-hydrogen) atoms. The van der Waals surface area contributed by atoms with E-state index in [0.717, 1.165) is 44.6 Å². The Hall–Kier alpha value is -2.94. The number of hydrogen-bond acceptors (Lipinski definition) is 5. The van der Waals surface area contributed by atoms with Gasteiger partial charge in [0.1, 0.15) is 0 Å². The molecule has 202 valence electrons. The molecule has 2 saturated heterocycles. The van der Waals surface area contributed by atoms with Crippen molar-refractivity contribution in [2.45, 2.75) is 45.0 Å². The number of anilines is 1. The number of piperidine rings is 2. The summed E-state index contributed by atoms with van der Waals surface area (Å²) >= 11 is 0. The second-order valence-corrected chi connectivity index (χ2v) is 9.93. The Morgan fingerprint density at radius 3 is 2.32 bits per heavy atom. The second kappa shape index (κ2) is 12.5. The number of nitrogens with zero attached hydrogens (tertiary/aromatic N) is 2. The van der Waals surface area contributed by atoms with Gasteiger partial charge in [-0.3, -0.25) is 9.69 Å². The SMILES string of the molecule is COc1cc(N2CCC(C(=O)NCCC3CCN(Cc4ccccc4)CC3)CC2)ccc1OC(F)(F)F. The van der Waals surface area contributed by atoms with E-state index >= 15 is 0 Å². The van der Waals surface area contributed by atoms with Gasteiger partial charge in [0, 0.05) is 43.9 Å². The number of methoxy groups -OCH3 is 1. The lowest BCUT2D eigenvalue weighted by Crippen LogP contribution is -2.41. The number of likely N-dealkylation sites (tertiary alicyclic amines) is 1. The molecular formula is C28H36F3N3O3. The molecule has 0 radical (unpaired) electrons. The smallest absolute Gasteiger partial charge is 0.493 e. The van der Waals surface area contributed by atoms with E-state index in [0.29, 0.717) is 38.4 Å². The summed E-state index contributed by atoms with van der Waals surface area (Å²) in [4.78, 5) is 17.3. The first-order valence-electron chi connectivity index (χ1n) is 13.0. The molecule has 2 fully saturated rings. The van der Waals surface area contributed by atoms with Gasteiger partial charge in [0.05, 0.1) is 7.11 Å². The maximum absolute atomic E-state index is 12.7. The quantitative estimate of drug-likeness (QED) is 0.492. The molecule has 2 aliphatic rings. The van der Waals surface area contributed by atoms with Crippen molar-refractivity contribution >= 4 is 11.6 Å². The van der Waals surface area contributed by atoms with Gasteiger partial charge in [-0.05, 0) is 68.8 Å².